The van der Waals surface area contributed by atoms with Crippen LogP contribution in [0.2, 0.25) is 0 Å². The van der Waals surface area contributed by atoms with E-state index in [0.717, 1.165) is 10.6 Å². The highest BCUT2D eigenvalue weighted by atomic mass is 35.6. The molecule has 0 radical (unpaired) electrons. The number of anilines is 1. The van der Waals surface area contributed by atoms with Gasteiger partial charge in [-0.2, -0.15) is 0 Å². The van der Waals surface area contributed by atoms with Crippen molar-refractivity contribution in [3.63, 3.8) is 0 Å². The van der Waals surface area contributed by atoms with Crippen LogP contribution < -0.4 is 10.6 Å². The lowest BCUT2D eigenvalue weighted by atomic mass is 10.2. The van der Waals surface area contributed by atoms with Crippen LogP contribution in [0, 0.1) is 0 Å². The van der Waals surface area contributed by atoms with Crippen molar-refractivity contribution < 1.29 is 4.79 Å². The van der Waals surface area contributed by atoms with Gasteiger partial charge in [-0.15, -0.1) is 10.2 Å². The van der Waals surface area contributed by atoms with Crippen LogP contribution in [-0.2, 0) is 4.79 Å². The Morgan fingerprint density at radius 3 is 2.48 bits per heavy atom. The molecule has 0 unspecified atom stereocenters. The second-order valence-corrected chi connectivity index (χ2v) is 7.44. The Labute approximate surface area is 140 Å². The van der Waals surface area contributed by atoms with E-state index in [1.807, 2.05) is 30.3 Å². The van der Waals surface area contributed by atoms with E-state index in [-0.39, 0.29) is 5.91 Å². The number of carbonyl (C=O) groups excluding carboxylic acids is 1. The fourth-order valence-electron chi connectivity index (χ4n) is 1.51. The van der Waals surface area contributed by atoms with Gasteiger partial charge in [-0.05, 0) is 0 Å². The van der Waals surface area contributed by atoms with Crippen molar-refractivity contribution in [2.24, 2.45) is 0 Å². The summed E-state index contributed by atoms with van der Waals surface area (Å²) >= 11 is 18.8. The van der Waals surface area contributed by atoms with Crippen LogP contribution >= 0.6 is 46.1 Å². The summed E-state index contributed by atoms with van der Waals surface area (Å²) in [5.74, 6) is -0.327. The van der Waals surface area contributed by atoms with Gasteiger partial charge in [-0.1, -0.05) is 76.5 Å². The fourth-order valence-corrected chi connectivity index (χ4v) is 2.61. The van der Waals surface area contributed by atoms with Gasteiger partial charge in [0.05, 0.1) is 0 Å². The number of amides is 1. The molecule has 0 spiro atoms. The van der Waals surface area contributed by atoms with Crippen molar-refractivity contribution in [2.45, 2.75) is 16.9 Å². The highest BCUT2D eigenvalue weighted by Gasteiger charge is 2.34. The molecule has 5 nitrogen and oxygen atoms in total. The first-order valence-electron chi connectivity index (χ1n) is 5.85. The highest BCUT2D eigenvalue weighted by Crippen LogP contribution is 2.33. The molecule has 1 aromatic heterocycles. The van der Waals surface area contributed by atoms with E-state index in [9.17, 15) is 4.79 Å². The highest BCUT2D eigenvalue weighted by molar-refractivity contribution is 7.18. The van der Waals surface area contributed by atoms with Gasteiger partial charge in [-0.25, -0.2) is 0 Å². The second-order valence-electron chi connectivity index (χ2n) is 4.10. The van der Waals surface area contributed by atoms with Crippen molar-refractivity contribution in [3.05, 3.63) is 30.3 Å². The molecule has 0 saturated carbocycles. The first-order chi connectivity index (χ1) is 9.86. The summed E-state index contributed by atoms with van der Waals surface area (Å²) in [6, 6.07) is 9.57. The number of carbonyl (C=O) groups is 1. The average Bonchev–Trinajstić information content (AvgIpc) is 2.86. The molecule has 2 aromatic rings. The lowest BCUT2D eigenvalue weighted by molar-refractivity contribution is -0.119. The number of nitrogens with zero attached hydrogens (tertiary/aromatic N) is 2. The van der Waals surface area contributed by atoms with Crippen LogP contribution in [0.25, 0.3) is 10.6 Å². The Kier molecular flexibility index (Phi) is 5.27. The van der Waals surface area contributed by atoms with E-state index < -0.39 is 9.96 Å². The lowest BCUT2D eigenvalue weighted by Crippen LogP contribution is -2.48. The maximum Gasteiger partial charge on any atom is 0.228 e. The molecule has 0 saturated heterocycles. The Morgan fingerprint density at radius 2 is 1.90 bits per heavy atom. The van der Waals surface area contributed by atoms with Crippen LogP contribution in [0.4, 0.5) is 5.13 Å². The topological polar surface area (TPSA) is 66.9 Å². The number of nitrogens with one attached hydrogen (secondary N) is 2. The smallest absolute Gasteiger partial charge is 0.228 e. The normalized spacial score (nSPS) is 12.8. The number of hydrogen-bond donors (Lipinski definition) is 2. The number of rotatable bonds is 4. The minimum Gasteiger partial charge on any atom is -0.336 e. The SMILES string of the molecule is CC(=O)N[C@@H](Nc1nnc(-c2ccccc2)s1)C(Cl)(Cl)Cl. The minimum absolute atomic E-state index is 0.327. The molecule has 9 heteroatoms. The van der Waals surface area contributed by atoms with Gasteiger partial charge in [-0.3, -0.25) is 4.79 Å². The standard InChI is InChI=1S/C12H11Cl3N4OS/c1-7(20)16-10(12(13,14)15)17-11-19-18-9(21-11)8-5-3-2-4-6-8/h2-6,10H,1H3,(H,16,20)(H,17,19)/t10-/m0/s1. The first-order valence-corrected chi connectivity index (χ1v) is 7.80. The van der Waals surface area contributed by atoms with Crippen LogP contribution in [0.5, 0.6) is 0 Å². The van der Waals surface area contributed by atoms with Crippen molar-refractivity contribution in [2.75, 3.05) is 5.32 Å². The predicted molar refractivity (Wildman–Crippen MR) is 86.9 cm³/mol. The van der Waals surface area contributed by atoms with Crippen LogP contribution in [0.1, 0.15) is 6.92 Å². The molecule has 112 valence electrons. The van der Waals surface area contributed by atoms with Crippen molar-refractivity contribution in [3.8, 4) is 10.6 Å². The third-order valence-electron chi connectivity index (χ3n) is 2.39. The molecular weight excluding hydrogens is 355 g/mol. The zero-order chi connectivity index (χ0) is 15.5. The van der Waals surface area contributed by atoms with E-state index in [2.05, 4.69) is 20.8 Å². The van der Waals surface area contributed by atoms with Gasteiger partial charge in [0.25, 0.3) is 0 Å². The molecule has 0 aliphatic carbocycles. The largest absolute Gasteiger partial charge is 0.336 e. The average molecular weight is 366 g/mol. The van der Waals surface area contributed by atoms with E-state index in [0.29, 0.717) is 5.13 Å². The Bertz CT molecular complexity index is 614. The molecule has 2 rings (SSSR count). The van der Waals surface area contributed by atoms with E-state index in [4.69, 9.17) is 34.8 Å². The maximum absolute atomic E-state index is 11.2. The maximum atomic E-state index is 11.2. The molecule has 0 bridgehead atoms. The molecule has 1 aromatic carbocycles. The Balaban J connectivity index is 2.15. The third-order valence-corrected chi connectivity index (χ3v) is 3.95. The molecular formula is C12H11Cl3N4OS. The van der Waals surface area contributed by atoms with Crippen molar-refractivity contribution in [1.82, 2.24) is 15.5 Å². The molecule has 2 N–H and O–H groups in total. The summed E-state index contributed by atoms with van der Waals surface area (Å²) in [7, 11) is 0. The number of alkyl halides is 3. The monoisotopic (exact) mass is 364 g/mol. The summed E-state index contributed by atoms with van der Waals surface area (Å²) in [6.45, 7) is 1.33. The summed E-state index contributed by atoms with van der Waals surface area (Å²) in [6.07, 6.45) is -0.906. The van der Waals surface area contributed by atoms with Gasteiger partial charge in [0.15, 0.2) is 0 Å². The van der Waals surface area contributed by atoms with Crippen LogP contribution in [0.15, 0.2) is 30.3 Å². The van der Waals surface area contributed by atoms with Crippen molar-refractivity contribution in [1.29, 1.82) is 0 Å². The zero-order valence-corrected chi connectivity index (χ0v) is 13.9. The molecule has 0 aliphatic heterocycles. The Morgan fingerprint density at radius 1 is 1.24 bits per heavy atom. The van der Waals surface area contributed by atoms with E-state index >= 15 is 0 Å². The first kappa shape index (κ1) is 16.3. The summed E-state index contributed by atoms with van der Waals surface area (Å²) in [5, 5.41) is 14.6. The minimum atomic E-state index is -1.72. The summed E-state index contributed by atoms with van der Waals surface area (Å²) in [5.41, 5.74) is 0.938. The van der Waals surface area contributed by atoms with Gasteiger partial charge < -0.3 is 10.6 Å². The predicted octanol–water partition coefficient (Wildman–Crippen LogP) is 3.45. The van der Waals surface area contributed by atoms with Crippen molar-refractivity contribution >= 4 is 57.2 Å². The molecule has 1 amide bonds. The van der Waals surface area contributed by atoms with E-state index in [1.54, 1.807) is 0 Å². The number of hydrogen-bond acceptors (Lipinski definition) is 5. The second kappa shape index (κ2) is 6.79. The molecule has 21 heavy (non-hydrogen) atoms. The van der Waals surface area contributed by atoms with Crippen LogP contribution in [-0.4, -0.2) is 26.1 Å². The van der Waals surface area contributed by atoms with Gasteiger partial charge in [0.1, 0.15) is 11.2 Å². The summed E-state index contributed by atoms with van der Waals surface area (Å²) < 4.78 is -1.72. The summed E-state index contributed by atoms with van der Waals surface area (Å²) in [4.78, 5) is 11.2. The van der Waals surface area contributed by atoms with Gasteiger partial charge in [0, 0.05) is 12.5 Å². The van der Waals surface area contributed by atoms with E-state index in [1.165, 1.54) is 18.3 Å². The Hall–Kier alpha value is -1.08. The van der Waals surface area contributed by atoms with Crippen LogP contribution in [0.3, 0.4) is 0 Å². The number of benzene rings is 1. The number of halogens is 3. The van der Waals surface area contributed by atoms with Gasteiger partial charge >= 0.3 is 0 Å². The third kappa shape index (κ3) is 4.71. The number of aromatic nitrogens is 2. The molecule has 1 heterocycles. The molecule has 0 aliphatic rings. The fraction of sp³-hybridized carbons (Fsp3) is 0.250. The lowest BCUT2D eigenvalue weighted by Gasteiger charge is -2.25. The van der Waals surface area contributed by atoms with Gasteiger partial charge in [0.2, 0.25) is 14.8 Å². The molecule has 0 fully saturated rings. The molecule has 1 atom stereocenters. The quantitative estimate of drug-likeness (QED) is 0.643. The zero-order valence-electron chi connectivity index (χ0n) is 10.8.